The second kappa shape index (κ2) is 9.91. The van der Waals surface area contributed by atoms with Gasteiger partial charge in [0.2, 0.25) is 0 Å². The van der Waals surface area contributed by atoms with Gasteiger partial charge in [-0.1, -0.05) is 132 Å². The van der Waals surface area contributed by atoms with Crippen molar-refractivity contribution in [2.75, 3.05) is 0 Å². The molecular formula is C28H24F2Si2. The van der Waals surface area contributed by atoms with E-state index >= 15 is 8.22 Å². The molecule has 2 unspecified atom stereocenters. The Kier molecular flexibility index (Phi) is 6.79. The maximum absolute atomic E-state index is 16.6. The second-order valence-electron chi connectivity index (χ2n) is 7.91. The van der Waals surface area contributed by atoms with Crippen LogP contribution >= 0.6 is 0 Å². The molecule has 4 aromatic carbocycles. The molecule has 2 atom stereocenters. The molecule has 0 nitrogen and oxygen atoms in total. The number of hydrogen-bond acceptors (Lipinski definition) is 0. The number of rotatable bonds is 6. The smallest absolute Gasteiger partial charge is 0.291 e. The summed E-state index contributed by atoms with van der Waals surface area (Å²) in [7, 11) is -7.59. The third-order valence-electron chi connectivity index (χ3n) is 5.50. The van der Waals surface area contributed by atoms with E-state index in [2.05, 4.69) is 11.1 Å². The number of halogens is 2. The SMILES string of the molecule is F[Si](C#C[Si](F)(Cc1ccccc1)c1ccccc1)(Cc1ccccc1)c1ccccc1. The maximum Gasteiger partial charge on any atom is 0.357 e. The van der Waals surface area contributed by atoms with Crippen molar-refractivity contribution in [3.63, 3.8) is 0 Å². The highest BCUT2D eigenvalue weighted by atomic mass is 28.4. The molecule has 4 aromatic rings. The Bertz CT molecular complexity index is 1090. The summed E-state index contributed by atoms with van der Waals surface area (Å²) < 4.78 is 33.2. The molecule has 0 saturated heterocycles. The first kappa shape index (κ1) is 21.9. The van der Waals surface area contributed by atoms with E-state index in [9.17, 15) is 0 Å². The van der Waals surface area contributed by atoms with E-state index < -0.39 is 16.8 Å². The van der Waals surface area contributed by atoms with Crippen LogP contribution in [-0.4, -0.2) is 16.8 Å². The summed E-state index contributed by atoms with van der Waals surface area (Å²) in [6.45, 7) is 0. The molecule has 0 radical (unpaired) electrons. The monoisotopic (exact) mass is 454 g/mol. The summed E-state index contributed by atoms with van der Waals surface area (Å²) >= 11 is 0. The first-order valence-electron chi connectivity index (χ1n) is 10.7. The molecule has 0 amide bonds. The Morgan fingerprint density at radius 1 is 0.438 bits per heavy atom. The lowest BCUT2D eigenvalue weighted by molar-refractivity contribution is 0.808. The summed E-state index contributed by atoms with van der Waals surface area (Å²) in [4.78, 5) is 0. The zero-order valence-corrected chi connectivity index (χ0v) is 19.7. The fraction of sp³-hybridized carbons (Fsp3) is 0.0714. The van der Waals surface area contributed by atoms with Crippen molar-refractivity contribution in [2.24, 2.45) is 0 Å². The second-order valence-corrected chi connectivity index (χ2v) is 13.5. The lowest BCUT2D eigenvalue weighted by Crippen LogP contribution is -2.49. The molecule has 0 N–H and O–H groups in total. The van der Waals surface area contributed by atoms with Crippen molar-refractivity contribution in [3.05, 3.63) is 132 Å². The van der Waals surface area contributed by atoms with Crippen LogP contribution < -0.4 is 10.4 Å². The van der Waals surface area contributed by atoms with Gasteiger partial charge in [-0.25, -0.2) is 0 Å². The lowest BCUT2D eigenvalue weighted by atomic mass is 10.2. The normalized spacial score (nSPS) is 14.4. The van der Waals surface area contributed by atoms with Gasteiger partial charge in [-0.2, -0.15) is 0 Å². The highest BCUT2D eigenvalue weighted by Gasteiger charge is 2.39. The third-order valence-corrected chi connectivity index (χ3v) is 11.1. The molecule has 4 rings (SSSR count). The Morgan fingerprint density at radius 2 is 0.719 bits per heavy atom. The average Bonchev–Trinajstić information content (AvgIpc) is 2.85. The van der Waals surface area contributed by atoms with Crippen LogP contribution in [0.2, 0.25) is 0 Å². The molecule has 0 spiro atoms. The molecule has 4 heteroatoms. The quantitative estimate of drug-likeness (QED) is 0.211. The number of hydrogen-bond donors (Lipinski definition) is 0. The molecule has 0 aliphatic rings. The van der Waals surface area contributed by atoms with Gasteiger partial charge >= 0.3 is 16.8 Å². The van der Waals surface area contributed by atoms with E-state index in [4.69, 9.17) is 0 Å². The predicted molar refractivity (Wildman–Crippen MR) is 134 cm³/mol. The first-order valence-corrected chi connectivity index (χ1v) is 14.9. The van der Waals surface area contributed by atoms with Crippen molar-refractivity contribution in [2.45, 2.75) is 12.1 Å². The van der Waals surface area contributed by atoms with Gasteiger partial charge in [0.1, 0.15) is 0 Å². The lowest BCUT2D eigenvalue weighted by Gasteiger charge is -2.20. The highest BCUT2D eigenvalue weighted by molar-refractivity contribution is 6.97. The van der Waals surface area contributed by atoms with Crippen LogP contribution in [-0.2, 0) is 12.1 Å². The molecule has 0 bridgehead atoms. The van der Waals surface area contributed by atoms with Crippen molar-refractivity contribution < 1.29 is 8.22 Å². The van der Waals surface area contributed by atoms with E-state index in [1.807, 2.05) is 97.1 Å². The van der Waals surface area contributed by atoms with Crippen LogP contribution in [0.15, 0.2) is 121 Å². The van der Waals surface area contributed by atoms with E-state index in [1.165, 1.54) is 0 Å². The first-order chi connectivity index (χ1) is 15.6. The van der Waals surface area contributed by atoms with Crippen LogP contribution in [0.3, 0.4) is 0 Å². The molecule has 0 heterocycles. The molecule has 0 fully saturated rings. The summed E-state index contributed by atoms with van der Waals surface area (Å²) in [5, 5.41) is 1.17. The summed E-state index contributed by atoms with van der Waals surface area (Å²) in [5.74, 6) is 0. The standard InChI is InChI=1S/C28H24F2Si2/c29-31(27-17-9-3-10-18-27,23-25-13-5-1-6-14-25)21-22-32(30,28-19-11-4-12-20-28)24-26-15-7-2-8-16-26/h1-20H,23-24H2. The zero-order valence-electron chi connectivity index (χ0n) is 17.7. The summed E-state index contributed by atoms with van der Waals surface area (Å²) in [6.07, 6.45) is 0. The van der Waals surface area contributed by atoms with Crippen LogP contribution in [0.1, 0.15) is 11.1 Å². The van der Waals surface area contributed by atoms with Crippen molar-refractivity contribution in [3.8, 4) is 11.1 Å². The van der Waals surface area contributed by atoms with Gasteiger partial charge in [-0.05, 0) is 21.5 Å². The van der Waals surface area contributed by atoms with Crippen molar-refractivity contribution >= 4 is 27.2 Å². The summed E-state index contributed by atoms with van der Waals surface area (Å²) in [6, 6.07) is 37.6. The Balaban J connectivity index is 1.78. The van der Waals surface area contributed by atoms with Crippen LogP contribution in [0.4, 0.5) is 8.22 Å². The minimum absolute atomic E-state index is 0.204. The van der Waals surface area contributed by atoms with Crippen LogP contribution in [0.25, 0.3) is 0 Å². The highest BCUT2D eigenvalue weighted by Crippen LogP contribution is 2.17. The maximum atomic E-state index is 16.6. The minimum atomic E-state index is -3.79. The molecule has 0 saturated carbocycles. The summed E-state index contributed by atoms with van der Waals surface area (Å²) in [5.41, 5.74) is 7.62. The van der Waals surface area contributed by atoms with Gasteiger partial charge < -0.3 is 0 Å². The van der Waals surface area contributed by atoms with Gasteiger partial charge in [-0.15, -0.1) is 0 Å². The van der Waals surface area contributed by atoms with Gasteiger partial charge in [-0.3, -0.25) is 8.22 Å². The van der Waals surface area contributed by atoms with Gasteiger partial charge in [0, 0.05) is 12.1 Å². The fourth-order valence-corrected chi connectivity index (χ4v) is 9.29. The van der Waals surface area contributed by atoms with Gasteiger partial charge in [0.05, 0.1) is 0 Å². The average molecular weight is 455 g/mol. The van der Waals surface area contributed by atoms with Crippen LogP contribution in [0.5, 0.6) is 0 Å². The molecule has 0 aromatic heterocycles. The van der Waals surface area contributed by atoms with E-state index in [-0.39, 0.29) is 12.1 Å². The number of benzene rings is 4. The van der Waals surface area contributed by atoms with Crippen LogP contribution in [0, 0.1) is 11.1 Å². The zero-order chi connectivity index (χ0) is 22.3. The van der Waals surface area contributed by atoms with Crippen molar-refractivity contribution in [1.29, 1.82) is 0 Å². The Labute approximate surface area is 191 Å². The predicted octanol–water partition coefficient (Wildman–Crippen LogP) is 5.28. The third kappa shape index (κ3) is 5.31. The Hall–Kier alpha value is -3.27. The molecule has 158 valence electrons. The Morgan fingerprint density at radius 3 is 1.03 bits per heavy atom. The fourth-order valence-electron chi connectivity index (χ4n) is 3.79. The topological polar surface area (TPSA) is 0 Å². The molecule has 32 heavy (non-hydrogen) atoms. The van der Waals surface area contributed by atoms with Gasteiger partial charge in [0.25, 0.3) is 0 Å². The largest absolute Gasteiger partial charge is 0.357 e. The van der Waals surface area contributed by atoms with E-state index in [0.717, 1.165) is 11.1 Å². The van der Waals surface area contributed by atoms with E-state index in [1.54, 1.807) is 24.3 Å². The molecular weight excluding hydrogens is 430 g/mol. The minimum Gasteiger partial charge on any atom is -0.291 e. The molecule has 0 aliphatic heterocycles. The molecule has 0 aliphatic carbocycles. The van der Waals surface area contributed by atoms with Crippen molar-refractivity contribution in [1.82, 2.24) is 0 Å². The van der Waals surface area contributed by atoms with Gasteiger partial charge in [0.15, 0.2) is 0 Å². The van der Waals surface area contributed by atoms with E-state index in [0.29, 0.717) is 10.4 Å².